The molecule has 1 heterocycles. The van der Waals surface area contributed by atoms with E-state index in [1.54, 1.807) is 0 Å². The van der Waals surface area contributed by atoms with Gasteiger partial charge >= 0.3 is 5.69 Å². The van der Waals surface area contributed by atoms with E-state index in [-0.39, 0.29) is 11.6 Å². The van der Waals surface area contributed by atoms with Gasteiger partial charge < -0.3 is 16.0 Å². The molecule has 1 aromatic rings. The highest BCUT2D eigenvalue weighted by Crippen LogP contribution is 2.32. The molecule has 0 spiro atoms. The van der Waals surface area contributed by atoms with Gasteiger partial charge in [0.2, 0.25) is 0 Å². The molecule has 17 heavy (non-hydrogen) atoms. The zero-order valence-electron chi connectivity index (χ0n) is 9.16. The van der Waals surface area contributed by atoms with Crippen LogP contribution in [-0.2, 0) is 0 Å². The molecular weight excluding hydrogens is 224 g/mol. The van der Waals surface area contributed by atoms with Crippen LogP contribution in [0.1, 0.15) is 23.2 Å². The number of nitrogens with one attached hydrogen (secondary N) is 3. The number of hydrogen-bond acceptors (Lipinski definition) is 4. The van der Waals surface area contributed by atoms with Crippen LogP contribution in [0.2, 0.25) is 0 Å². The van der Waals surface area contributed by atoms with Crippen molar-refractivity contribution < 1.29 is 4.79 Å². The Kier molecular flexibility index (Phi) is 3.10. The minimum absolute atomic E-state index is 0.103. The van der Waals surface area contributed by atoms with Crippen LogP contribution in [0.3, 0.4) is 0 Å². The summed E-state index contributed by atoms with van der Waals surface area (Å²) in [5, 5.41) is 2.70. The molecule has 1 saturated carbocycles. The minimum atomic E-state index is -0.696. The Morgan fingerprint density at radius 1 is 1.53 bits per heavy atom. The van der Waals surface area contributed by atoms with Crippen LogP contribution in [-0.4, -0.2) is 28.5 Å². The second-order valence-electron chi connectivity index (χ2n) is 4.14. The SMILES string of the molecule is NCC(NC(=O)c1c[nH]c(=O)[nH]c1=O)C1CC1. The van der Waals surface area contributed by atoms with Crippen LogP contribution < -0.4 is 22.3 Å². The number of rotatable bonds is 4. The van der Waals surface area contributed by atoms with Crippen molar-refractivity contribution in [1.82, 2.24) is 15.3 Å². The van der Waals surface area contributed by atoms with E-state index >= 15 is 0 Å². The summed E-state index contributed by atoms with van der Waals surface area (Å²) in [5.74, 6) is -0.101. The zero-order chi connectivity index (χ0) is 12.4. The molecular formula is C10H14N4O3. The number of carbonyl (C=O) groups is 1. The van der Waals surface area contributed by atoms with Gasteiger partial charge in [-0.1, -0.05) is 0 Å². The molecule has 7 heteroatoms. The van der Waals surface area contributed by atoms with E-state index in [1.165, 1.54) is 0 Å². The summed E-state index contributed by atoms with van der Waals surface area (Å²) in [6.07, 6.45) is 3.20. The van der Waals surface area contributed by atoms with E-state index in [0.29, 0.717) is 12.5 Å². The first-order chi connectivity index (χ1) is 8.11. The second kappa shape index (κ2) is 4.54. The molecule has 1 aromatic heterocycles. The number of carbonyl (C=O) groups excluding carboxylic acids is 1. The van der Waals surface area contributed by atoms with Crippen LogP contribution in [0.15, 0.2) is 15.8 Å². The molecule has 0 radical (unpaired) electrons. The molecule has 0 bridgehead atoms. The number of nitrogens with two attached hydrogens (primary N) is 1. The highest BCUT2D eigenvalue weighted by atomic mass is 16.2. The summed E-state index contributed by atoms with van der Waals surface area (Å²) >= 11 is 0. The molecule has 1 aliphatic rings. The molecule has 1 fully saturated rings. The molecule has 0 saturated heterocycles. The van der Waals surface area contributed by atoms with Gasteiger partial charge in [0.25, 0.3) is 11.5 Å². The van der Waals surface area contributed by atoms with Crippen molar-refractivity contribution in [1.29, 1.82) is 0 Å². The predicted molar refractivity (Wildman–Crippen MR) is 60.7 cm³/mol. The highest BCUT2D eigenvalue weighted by molar-refractivity contribution is 5.93. The first-order valence-electron chi connectivity index (χ1n) is 5.44. The van der Waals surface area contributed by atoms with Gasteiger partial charge in [-0.25, -0.2) is 4.79 Å². The van der Waals surface area contributed by atoms with Gasteiger partial charge in [-0.2, -0.15) is 0 Å². The lowest BCUT2D eigenvalue weighted by atomic mass is 10.1. The third-order valence-electron chi connectivity index (χ3n) is 2.83. The lowest BCUT2D eigenvalue weighted by Gasteiger charge is -2.15. The fourth-order valence-electron chi connectivity index (χ4n) is 1.69. The summed E-state index contributed by atoms with van der Waals surface area (Å²) in [5.41, 5.74) is 4.10. The van der Waals surface area contributed by atoms with E-state index in [9.17, 15) is 14.4 Å². The fourth-order valence-corrected chi connectivity index (χ4v) is 1.69. The van der Waals surface area contributed by atoms with Crippen LogP contribution in [0.25, 0.3) is 0 Å². The largest absolute Gasteiger partial charge is 0.348 e. The zero-order valence-corrected chi connectivity index (χ0v) is 9.16. The molecule has 1 amide bonds. The maximum atomic E-state index is 11.8. The van der Waals surface area contributed by atoms with E-state index in [1.807, 2.05) is 4.98 Å². The Balaban J connectivity index is 2.13. The molecule has 5 N–H and O–H groups in total. The predicted octanol–water partition coefficient (Wildman–Crippen LogP) is -1.47. The maximum absolute atomic E-state index is 11.8. The topological polar surface area (TPSA) is 121 Å². The average molecular weight is 238 g/mol. The van der Waals surface area contributed by atoms with Crippen molar-refractivity contribution in [2.24, 2.45) is 11.7 Å². The number of aromatic amines is 2. The van der Waals surface area contributed by atoms with Gasteiger partial charge in [0.1, 0.15) is 5.56 Å². The van der Waals surface area contributed by atoms with Crippen LogP contribution >= 0.6 is 0 Å². The number of hydrogen-bond donors (Lipinski definition) is 4. The molecule has 7 nitrogen and oxygen atoms in total. The number of aromatic nitrogens is 2. The number of amides is 1. The summed E-state index contributed by atoms with van der Waals surface area (Å²) in [7, 11) is 0. The monoisotopic (exact) mass is 238 g/mol. The van der Waals surface area contributed by atoms with Gasteiger partial charge in [-0.05, 0) is 18.8 Å². The molecule has 0 aliphatic heterocycles. The van der Waals surface area contributed by atoms with Crippen LogP contribution in [0.4, 0.5) is 0 Å². The van der Waals surface area contributed by atoms with Gasteiger partial charge in [-0.3, -0.25) is 14.6 Å². The quantitative estimate of drug-likeness (QED) is 0.511. The minimum Gasteiger partial charge on any atom is -0.348 e. The Morgan fingerprint density at radius 2 is 2.24 bits per heavy atom. The fraction of sp³-hybridized carbons (Fsp3) is 0.500. The van der Waals surface area contributed by atoms with Crippen LogP contribution in [0.5, 0.6) is 0 Å². The summed E-state index contributed by atoms with van der Waals surface area (Å²) in [4.78, 5) is 38.2. The van der Waals surface area contributed by atoms with E-state index < -0.39 is 17.2 Å². The standard InChI is InChI=1S/C10H14N4O3/c11-3-7(5-1-2-5)13-8(15)6-4-12-10(17)14-9(6)16/h4-5,7H,1-3,11H2,(H,13,15)(H2,12,14,16,17). The van der Waals surface area contributed by atoms with E-state index in [0.717, 1.165) is 19.0 Å². The molecule has 2 rings (SSSR count). The highest BCUT2D eigenvalue weighted by Gasteiger charge is 2.31. The van der Waals surface area contributed by atoms with E-state index in [4.69, 9.17) is 5.73 Å². The first kappa shape index (κ1) is 11.6. The summed E-state index contributed by atoms with van der Waals surface area (Å²) in [6.45, 7) is 0.345. The van der Waals surface area contributed by atoms with E-state index in [2.05, 4.69) is 10.3 Å². The normalized spacial score (nSPS) is 16.5. The third-order valence-corrected chi connectivity index (χ3v) is 2.83. The Labute approximate surface area is 96.4 Å². The molecule has 1 unspecified atom stereocenters. The van der Waals surface area contributed by atoms with Gasteiger partial charge in [-0.15, -0.1) is 0 Å². The van der Waals surface area contributed by atoms with Crippen molar-refractivity contribution >= 4 is 5.91 Å². The number of H-pyrrole nitrogens is 2. The van der Waals surface area contributed by atoms with Crippen molar-refractivity contribution in [2.45, 2.75) is 18.9 Å². The molecule has 1 aliphatic carbocycles. The first-order valence-corrected chi connectivity index (χ1v) is 5.44. The third kappa shape index (κ3) is 2.62. The van der Waals surface area contributed by atoms with Crippen molar-refractivity contribution in [3.8, 4) is 0 Å². The Bertz CT molecular complexity index is 529. The van der Waals surface area contributed by atoms with Gasteiger partial charge in [0, 0.05) is 18.8 Å². The average Bonchev–Trinajstić information content (AvgIpc) is 3.09. The van der Waals surface area contributed by atoms with Crippen LogP contribution in [0, 0.1) is 5.92 Å². The van der Waals surface area contributed by atoms with Crippen molar-refractivity contribution in [3.63, 3.8) is 0 Å². The van der Waals surface area contributed by atoms with Gasteiger partial charge in [0.15, 0.2) is 0 Å². The molecule has 0 aromatic carbocycles. The van der Waals surface area contributed by atoms with Crippen molar-refractivity contribution in [3.05, 3.63) is 32.6 Å². The lowest BCUT2D eigenvalue weighted by molar-refractivity contribution is 0.0931. The maximum Gasteiger partial charge on any atom is 0.325 e. The van der Waals surface area contributed by atoms with Gasteiger partial charge in [0.05, 0.1) is 0 Å². The smallest absolute Gasteiger partial charge is 0.325 e. The Morgan fingerprint density at radius 3 is 2.76 bits per heavy atom. The Hall–Kier alpha value is -1.89. The molecule has 1 atom stereocenters. The van der Waals surface area contributed by atoms with Crippen molar-refractivity contribution in [2.75, 3.05) is 6.54 Å². The molecule has 92 valence electrons. The second-order valence-corrected chi connectivity index (χ2v) is 4.14. The lowest BCUT2D eigenvalue weighted by Crippen LogP contribution is -2.44. The summed E-state index contributed by atoms with van der Waals surface area (Å²) < 4.78 is 0. The summed E-state index contributed by atoms with van der Waals surface area (Å²) in [6, 6.07) is -0.103.